The fourth-order valence-corrected chi connectivity index (χ4v) is 3.95. The van der Waals surface area contributed by atoms with Crippen LogP contribution in [0.25, 0.3) is 0 Å². The zero-order chi connectivity index (χ0) is 18.4. The lowest BCUT2D eigenvalue weighted by Crippen LogP contribution is -2.17. The topological polar surface area (TPSA) is 18.5 Å². The van der Waals surface area contributed by atoms with Gasteiger partial charge in [0.15, 0.2) is 6.29 Å². The van der Waals surface area contributed by atoms with Crippen molar-refractivity contribution < 1.29 is 9.47 Å². The van der Waals surface area contributed by atoms with Crippen molar-refractivity contribution in [1.82, 2.24) is 0 Å². The summed E-state index contributed by atoms with van der Waals surface area (Å²) in [5, 5.41) is 0. The number of hydrogen-bond donors (Lipinski definition) is 0. The normalized spacial score (nSPS) is 11.6. The van der Waals surface area contributed by atoms with Crippen molar-refractivity contribution in [3.63, 3.8) is 0 Å². The second-order valence-electron chi connectivity index (χ2n) is 7.43. The Morgan fingerprint density at radius 2 is 0.840 bits per heavy atom. The zero-order valence-electron chi connectivity index (χ0n) is 17.8. The van der Waals surface area contributed by atoms with E-state index >= 15 is 0 Å². The molecule has 0 aliphatic carbocycles. The van der Waals surface area contributed by atoms with Crippen LogP contribution in [0.5, 0.6) is 0 Å². The summed E-state index contributed by atoms with van der Waals surface area (Å²) in [6.07, 6.45) is 22.6. The molecule has 0 amide bonds. The van der Waals surface area contributed by atoms with Crippen LogP contribution >= 0.6 is 0 Å². The fourth-order valence-electron chi connectivity index (χ4n) is 3.45. The monoisotopic (exact) mass is 372 g/mol. The number of ether oxygens (including phenoxy) is 2. The molecule has 0 aliphatic heterocycles. The molecule has 0 saturated heterocycles. The molecule has 0 aromatic carbocycles. The van der Waals surface area contributed by atoms with Crippen molar-refractivity contribution >= 4 is 10.2 Å². The fraction of sp³-hybridized carbons (Fsp3) is 1.00. The molecule has 25 heavy (non-hydrogen) atoms. The number of hydrogen-bond acceptors (Lipinski definition) is 2. The average molecular weight is 373 g/mol. The predicted octanol–water partition coefficient (Wildman–Crippen LogP) is 6.41. The van der Waals surface area contributed by atoms with Crippen LogP contribution in [0.1, 0.15) is 117 Å². The molecule has 0 unspecified atom stereocenters. The largest absolute Gasteiger partial charge is 0.353 e. The lowest BCUT2D eigenvalue weighted by Gasteiger charge is -2.16. The Hall–Kier alpha value is 0.137. The van der Waals surface area contributed by atoms with Crippen molar-refractivity contribution in [2.75, 3.05) is 13.2 Å². The van der Waals surface area contributed by atoms with Crippen LogP contribution in [-0.4, -0.2) is 29.7 Å². The Labute approximate surface area is 162 Å². The summed E-state index contributed by atoms with van der Waals surface area (Å²) < 4.78 is 11.2. The molecule has 0 spiro atoms. The van der Waals surface area contributed by atoms with E-state index in [0.717, 1.165) is 19.6 Å². The third kappa shape index (κ3) is 20.3. The summed E-state index contributed by atoms with van der Waals surface area (Å²) in [5.74, 6) is 0. The SMILES string of the molecule is CCOC(CCCCCCCCCCCCCCCCC[SiH3])OCC. The summed E-state index contributed by atoms with van der Waals surface area (Å²) in [4.78, 5) is 0. The first-order valence-corrected chi connectivity index (χ1v) is 13.0. The van der Waals surface area contributed by atoms with E-state index in [9.17, 15) is 0 Å². The van der Waals surface area contributed by atoms with Gasteiger partial charge in [0.25, 0.3) is 0 Å². The molecule has 0 aliphatic rings. The van der Waals surface area contributed by atoms with E-state index in [1.807, 2.05) is 13.8 Å². The van der Waals surface area contributed by atoms with Crippen LogP contribution < -0.4 is 0 Å². The minimum atomic E-state index is 0.0308. The third-order valence-electron chi connectivity index (χ3n) is 5.00. The minimum Gasteiger partial charge on any atom is -0.353 e. The number of unbranched alkanes of at least 4 members (excludes halogenated alkanes) is 14. The van der Waals surface area contributed by atoms with Gasteiger partial charge in [0, 0.05) is 23.5 Å². The third-order valence-corrected chi connectivity index (χ3v) is 5.71. The van der Waals surface area contributed by atoms with Crippen molar-refractivity contribution in [2.24, 2.45) is 0 Å². The Bertz CT molecular complexity index is 230. The van der Waals surface area contributed by atoms with Gasteiger partial charge in [0.2, 0.25) is 0 Å². The zero-order valence-corrected chi connectivity index (χ0v) is 19.8. The molecule has 0 saturated carbocycles. The highest BCUT2D eigenvalue weighted by Crippen LogP contribution is 2.15. The van der Waals surface area contributed by atoms with E-state index in [1.165, 1.54) is 113 Å². The molecule has 0 fully saturated rings. The van der Waals surface area contributed by atoms with Crippen molar-refractivity contribution in [1.29, 1.82) is 0 Å². The standard InChI is InChI=1S/C22H48O2Si/c1-3-23-22(24-4-2)20-18-16-14-12-10-8-6-5-7-9-11-13-15-17-19-21-25/h22H,3-21H2,1-2,25H3. The molecule has 0 atom stereocenters. The second-order valence-corrected chi connectivity index (χ2v) is 8.43. The molecule has 0 radical (unpaired) electrons. The van der Waals surface area contributed by atoms with E-state index in [0.29, 0.717) is 0 Å². The first-order valence-electron chi connectivity index (χ1n) is 11.6. The van der Waals surface area contributed by atoms with Crippen LogP contribution in [0.2, 0.25) is 6.04 Å². The molecule has 0 aromatic heterocycles. The van der Waals surface area contributed by atoms with E-state index in [2.05, 4.69) is 0 Å². The van der Waals surface area contributed by atoms with E-state index in [-0.39, 0.29) is 6.29 Å². The average Bonchev–Trinajstić information content (AvgIpc) is 2.61. The van der Waals surface area contributed by atoms with Crippen LogP contribution in [0.4, 0.5) is 0 Å². The maximum absolute atomic E-state index is 5.59. The molecular weight excluding hydrogens is 324 g/mol. The van der Waals surface area contributed by atoms with Crippen LogP contribution in [0.15, 0.2) is 0 Å². The highest BCUT2D eigenvalue weighted by atomic mass is 28.1. The molecule has 0 bridgehead atoms. The molecule has 0 N–H and O–H groups in total. The van der Waals surface area contributed by atoms with Crippen LogP contribution in [0, 0.1) is 0 Å². The Balaban J connectivity index is 3.13. The number of rotatable bonds is 21. The Morgan fingerprint density at radius 3 is 1.16 bits per heavy atom. The quantitative estimate of drug-likeness (QED) is 0.132. The van der Waals surface area contributed by atoms with Gasteiger partial charge in [-0.2, -0.15) is 0 Å². The predicted molar refractivity (Wildman–Crippen MR) is 116 cm³/mol. The van der Waals surface area contributed by atoms with Crippen molar-refractivity contribution in [3.8, 4) is 0 Å². The van der Waals surface area contributed by atoms with E-state index in [4.69, 9.17) is 9.47 Å². The lowest BCUT2D eigenvalue weighted by molar-refractivity contribution is -0.140. The van der Waals surface area contributed by atoms with Gasteiger partial charge >= 0.3 is 0 Å². The van der Waals surface area contributed by atoms with Crippen molar-refractivity contribution in [2.45, 2.75) is 129 Å². The molecule has 0 heterocycles. The summed E-state index contributed by atoms with van der Waals surface area (Å²) in [7, 11) is 1.40. The Morgan fingerprint density at radius 1 is 0.520 bits per heavy atom. The highest BCUT2D eigenvalue weighted by molar-refractivity contribution is 6.08. The molecule has 152 valence electrons. The van der Waals surface area contributed by atoms with Gasteiger partial charge in [0.1, 0.15) is 0 Å². The molecule has 0 rings (SSSR count). The van der Waals surface area contributed by atoms with Crippen LogP contribution in [-0.2, 0) is 9.47 Å². The summed E-state index contributed by atoms with van der Waals surface area (Å²) in [6.45, 7) is 5.59. The minimum absolute atomic E-state index is 0.0308. The van der Waals surface area contributed by atoms with E-state index in [1.54, 1.807) is 0 Å². The molecule has 2 nitrogen and oxygen atoms in total. The highest BCUT2D eigenvalue weighted by Gasteiger charge is 2.06. The smallest absolute Gasteiger partial charge is 0.157 e. The summed E-state index contributed by atoms with van der Waals surface area (Å²) in [5.41, 5.74) is 0. The van der Waals surface area contributed by atoms with Gasteiger partial charge in [-0.15, -0.1) is 0 Å². The first kappa shape index (κ1) is 25.1. The van der Waals surface area contributed by atoms with Crippen molar-refractivity contribution in [3.05, 3.63) is 0 Å². The summed E-state index contributed by atoms with van der Waals surface area (Å²) >= 11 is 0. The Kier molecular flexibility index (Phi) is 22.3. The van der Waals surface area contributed by atoms with Crippen LogP contribution in [0.3, 0.4) is 0 Å². The van der Waals surface area contributed by atoms with Gasteiger partial charge < -0.3 is 9.47 Å². The molecular formula is C22H48O2Si. The molecule has 0 aromatic rings. The van der Waals surface area contributed by atoms with E-state index < -0.39 is 0 Å². The van der Waals surface area contributed by atoms with Gasteiger partial charge in [-0.3, -0.25) is 0 Å². The first-order chi connectivity index (χ1) is 12.3. The second kappa shape index (κ2) is 22.2. The summed E-state index contributed by atoms with van der Waals surface area (Å²) in [6, 6.07) is 1.50. The van der Waals surface area contributed by atoms with Gasteiger partial charge in [-0.1, -0.05) is 95.9 Å². The lowest BCUT2D eigenvalue weighted by atomic mass is 10.0. The van der Waals surface area contributed by atoms with Gasteiger partial charge in [-0.05, 0) is 26.7 Å². The van der Waals surface area contributed by atoms with Gasteiger partial charge in [-0.25, -0.2) is 0 Å². The van der Waals surface area contributed by atoms with Gasteiger partial charge in [0.05, 0.1) is 0 Å². The maximum Gasteiger partial charge on any atom is 0.157 e. The maximum atomic E-state index is 5.59. The molecule has 3 heteroatoms.